The number of nitrogens with two attached hydrogens (primary N) is 1. The number of ether oxygens (including phenoxy) is 1. The van der Waals surface area contributed by atoms with E-state index in [4.69, 9.17) is 27.1 Å². The van der Waals surface area contributed by atoms with Crippen molar-refractivity contribution in [3.8, 4) is 16.9 Å². The van der Waals surface area contributed by atoms with Crippen molar-refractivity contribution in [3.63, 3.8) is 0 Å². The van der Waals surface area contributed by atoms with E-state index in [9.17, 15) is 14.4 Å². The molecule has 2 aliphatic rings. The van der Waals surface area contributed by atoms with Gasteiger partial charge in [0.25, 0.3) is 0 Å². The maximum Gasteiger partial charge on any atom is 0.230 e. The van der Waals surface area contributed by atoms with E-state index >= 15 is 0 Å². The fourth-order valence-corrected chi connectivity index (χ4v) is 6.29. The summed E-state index contributed by atoms with van der Waals surface area (Å²) in [5.74, 6) is -0.168. The van der Waals surface area contributed by atoms with Crippen LogP contribution in [0.3, 0.4) is 0 Å². The molecule has 1 saturated heterocycles. The molecular formula is C24H22ClN3O4S. The van der Waals surface area contributed by atoms with Gasteiger partial charge in [-0.2, -0.15) is 0 Å². The number of thiophene rings is 1. The molecule has 1 aliphatic heterocycles. The molecule has 1 fully saturated rings. The smallest absolute Gasteiger partial charge is 0.230 e. The van der Waals surface area contributed by atoms with Crippen molar-refractivity contribution in [1.82, 2.24) is 9.88 Å². The van der Waals surface area contributed by atoms with Crippen LogP contribution in [0.4, 0.5) is 0 Å². The minimum absolute atomic E-state index is 0.0437. The Kier molecular flexibility index (Phi) is 5.58. The number of halogens is 1. The predicted octanol–water partition coefficient (Wildman–Crippen LogP) is 3.86. The molecule has 5 rings (SSSR count). The third kappa shape index (κ3) is 3.77. The zero-order valence-electron chi connectivity index (χ0n) is 18.0. The molecule has 1 atom stereocenters. The van der Waals surface area contributed by atoms with E-state index < -0.39 is 0 Å². The first-order valence-electron chi connectivity index (χ1n) is 10.8. The van der Waals surface area contributed by atoms with Crippen molar-refractivity contribution in [2.24, 2.45) is 11.7 Å². The van der Waals surface area contributed by atoms with E-state index in [2.05, 4.69) is 0 Å². The Morgan fingerprint density at radius 2 is 1.91 bits per heavy atom. The monoisotopic (exact) mass is 483 g/mol. The molecule has 1 unspecified atom stereocenters. The van der Waals surface area contributed by atoms with Crippen LogP contribution in [0.5, 0.6) is 5.75 Å². The van der Waals surface area contributed by atoms with Crippen molar-refractivity contribution < 1.29 is 19.1 Å². The Labute approximate surface area is 199 Å². The van der Waals surface area contributed by atoms with Crippen LogP contribution in [-0.2, 0) is 33.8 Å². The number of hydrogen-bond donors (Lipinski definition) is 1. The van der Waals surface area contributed by atoms with Crippen LogP contribution in [0.25, 0.3) is 21.3 Å². The topological polar surface area (TPSA) is 103 Å². The number of rotatable bonds is 5. The molecule has 3 aromatic rings. The summed E-state index contributed by atoms with van der Waals surface area (Å²) in [6, 6.07) is 7.61. The summed E-state index contributed by atoms with van der Waals surface area (Å²) in [6.07, 6.45) is 2.42. The maximum absolute atomic E-state index is 12.2. The van der Waals surface area contributed by atoms with Crippen molar-refractivity contribution in [2.75, 3.05) is 7.11 Å². The number of amides is 3. The lowest BCUT2D eigenvalue weighted by Crippen LogP contribution is -2.29. The Hall–Kier alpha value is -2.97. The van der Waals surface area contributed by atoms with Gasteiger partial charge in [-0.05, 0) is 42.5 Å². The average molecular weight is 484 g/mol. The number of pyridine rings is 1. The van der Waals surface area contributed by atoms with Crippen molar-refractivity contribution in [2.45, 2.75) is 38.6 Å². The molecule has 0 saturated carbocycles. The first kappa shape index (κ1) is 21.9. The van der Waals surface area contributed by atoms with Crippen LogP contribution in [0, 0.1) is 5.92 Å². The van der Waals surface area contributed by atoms with Gasteiger partial charge in [0.1, 0.15) is 10.6 Å². The molecule has 0 radical (unpaired) electrons. The molecular weight excluding hydrogens is 462 g/mol. The summed E-state index contributed by atoms with van der Waals surface area (Å²) in [7, 11) is 1.61. The highest BCUT2D eigenvalue weighted by atomic mass is 35.5. The first-order valence-corrected chi connectivity index (χ1v) is 12.0. The molecule has 1 aliphatic carbocycles. The van der Waals surface area contributed by atoms with E-state index in [0.29, 0.717) is 30.0 Å². The zero-order chi connectivity index (χ0) is 23.3. The molecule has 2 N–H and O–H groups in total. The van der Waals surface area contributed by atoms with Crippen molar-refractivity contribution >= 4 is 50.9 Å². The number of imide groups is 1. The molecule has 1 aromatic carbocycles. The SMILES string of the molecule is COc1ccc(-c2c(Cl)c(CN3C(=O)CCC3=O)nc3sc4c(c23)CCC(C(N)=O)C4)cc1. The van der Waals surface area contributed by atoms with Gasteiger partial charge in [-0.15, -0.1) is 11.3 Å². The summed E-state index contributed by atoms with van der Waals surface area (Å²) in [4.78, 5) is 44.2. The van der Waals surface area contributed by atoms with E-state index in [1.807, 2.05) is 24.3 Å². The second kappa shape index (κ2) is 8.43. The van der Waals surface area contributed by atoms with E-state index in [1.54, 1.807) is 7.11 Å². The predicted molar refractivity (Wildman–Crippen MR) is 126 cm³/mol. The second-order valence-electron chi connectivity index (χ2n) is 8.38. The quantitative estimate of drug-likeness (QED) is 0.555. The van der Waals surface area contributed by atoms with Gasteiger partial charge in [0, 0.05) is 34.6 Å². The number of carbonyl (C=O) groups excluding carboxylic acids is 3. The number of benzene rings is 1. The van der Waals surface area contributed by atoms with E-state index in [1.165, 1.54) is 16.2 Å². The first-order chi connectivity index (χ1) is 15.9. The minimum atomic E-state index is -0.286. The Morgan fingerprint density at radius 3 is 2.55 bits per heavy atom. The van der Waals surface area contributed by atoms with Crippen LogP contribution < -0.4 is 10.5 Å². The fraction of sp³-hybridized carbons (Fsp3) is 0.333. The van der Waals surface area contributed by atoms with Gasteiger partial charge >= 0.3 is 0 Å². The van der Waals surface area contributed by atoms with Crippen LogP contribution in [0.15, 0.2) is 24.3 Å². The van der Waals surface area contributed by atoms with Gasteiger partial charge in [-0.3, -0.25) is 19.3 Å². The third-order valence-corrected chi connectivity index (χ3v) is 8.01. The molecule has 0 spiro atoms. The highest BCUT2D eigenvalue weighted by molar-refractivity contribution is 7.19. The Morgan fingerprint density at radius 1 is 1.21 bits per heavy atom. The molecule has 0 bridgehead atoms. The lowest BCUT2D eigenvalue weighted by atomic mass is 9.86. The molecule has 2 aromatic heterocycles. The van der Waals surface area contributed by atoms with Gasteiger partial charge in [0.05, 0.1) is 24.4 Å². The zero-order valence-corrected chi connectivity index (χ0v) is 19.6. The summed E-state index contributed by atoms with van der Waals surface area (Å²) >= 11 is 8.46. The number of likely N-dealkylation sites (tertiary alicyclic amines) is 1. The number of methoxy groups -OCH3 is 1. The Balaban J connectivity index is 1.69. The normalized spacial score (nSPS) is 18.1. The number of nitrogens with zero attached hydrogens (tertiary/aromatic N) is 2. The van der Waals surface area contributed by atoms with Gasteiger partial charge in [0.15, 0.2) is 0 Å². The second-order valence-corrected chi connectivity index (χ2v) is 9.84. The molecule has 3 amide bonds. The summed E-state index contributed by atoms with van der Waals surface area (Å²) < 4.78 is 5.30. The molecule has 3 heterocycles. The Bertz CT molecular complexity index is 1290. The van der Waals surface area contributed by atoms with Crippen LogP contribution in [0.1, 0.15) is 35.4 Å². The lowest BCUT2D eigenvalue weighted by molar-refractivity contribution is -0.139. The number of carbonyl (C=O) groups is 3. The molecule has 170 valence electrons. The fourth-order valence-electron chi connectivity index (χ4n) is 4.66. The third-order valence-electron chi connectivity index (χ3n) is 6.45. The van der Waals surface area contributed by atoms with E-state index in [0.717, 1.165) is 37.5 Å². The van der Waals surface area contributed by atoms with Crippen LogP contribution >= 0.6 is 22.9 Å². The van der Waals surface area contributed by atoms with Crippen molar-refractivity contribution in [3.05, 3.63) is 45.4 Å². The number of primary amides is 1. The average Bonchev–Trinajstić information content (AvgIpc) is 3.33. The summed E-state index contributed by atoms with van der Waals surface area (Å²) in [5.41, 5.74) is 8.94. The summed E-state index contributed by atoms with van der Waals surface area (Å²) in [6.45, 7) is 0.0437. The van der Waals surface area contributed by atoms with Gasteiger partial charge in [-0.1, -0.05) is 23.7 Å². The highest BCUT2D eigenvalue weighted by Gasteiger charge is 2.32. The summed E-state index contributed by atoms with van der Waals surface area (Å²) in [5, 5.41) is 1.40. The highest BCUT2D eigenvalue weighted by Crippen LogP contribution is 2.46. The van der Waals surface area contributed by atoms with Crippen molar-refractivity contribution in [1.29, 1.82) is 0 Å². The standard InChI is InChI=1S/C24H22ClN3O4S/c1-32-14-5-2-12(3-6-14)20-21-15-7-4-13(23(26)31)10-17(15)33-24(21)27-16(22(20)25)11-28-18(29)8-9-19(28)30/h2-3,5-6,13H,4,7-11H2,1H3,(H2,26,31). The maximum atomic E-state index is 12.2. The van der Waals surface area contributed by atoms with Gasteiger partial charge in [0.2, 0.25) is 17.7 Å². The molecule has 9 heteroatoms. The lowest BCUT2D eigenvalue weighted by Gasteiger charge is -2.20. The number of hydrogen-bond acceptors (Lipinski definition) is 6. The largest absolute Gasteiger partial charge is 0.497 e. The van der Waals surface area contributed by atoms with E-state index in [-0.39, 0.29) is 43.0 Å². The molecule has 33 heavy (non-hydrogen) atoms. The number of aryl methyl sites for hydroxylation is 1. The van der Waals surface area contributed by atoms with Crippen LogP contribution in [0.2, 0.25) is 5.02 Å². The number of aromatic nitrogens is 1. The van der Waals surface area contributed by atoms with Crippen LogP contribution in [-0.4, -0.2) is 34.7 Å². The minimum Gasteiger partial charge on any atom is -0.497 e. The number of fused-ring (bicyclic) bond motifs is 3. The molecule has 7 nitrogen and oxygen atoms in total. The van der Waals surface area contributed by atoms with Gasteiger partial charge in [-0.25, -0.2) is 4.98 Å². The van der Waals surface area contributed by atoms with Gasteiger partial charge < -0.3 is 10.5 Å².